The molecule has 2 fully saturated rings. The predicted octanol–water partition coefficient (Wildman–Crippen LogP) is 3.97. The second kappa shape index (κ2) is 12.3. The lowest BCUT2D eigenvalue weighted by molar-refractivity contribution is -0.00178. The number of halogens is 1. The van der Waals surface area contributed by atoms with Crippen LogP contribution in [0.4, 0.5) is 14.9 Å². The largest absolute Gasteiger partial charge is 0.449 e. The lowest BCUT2D eigenvalue weighted by atomic mass is 9.91. The molecule has 0 aliphatic heterocycles. The molecule has 2 aliphatic rings. The second-order valence-electron chi connectivity index (χ2n) is 11.7. The van der Waals surface area contributed by atoms with E-state index in [9.17, 15) is 24.3 Å². The number of alkyl halides is 1. The summed E-state index contributed by atoms with van der Waals surface area (Å²) in [5, 5.41) is 32.5. The van der Waals surface area contributed by atoms with Crippen LogP contribution in [0.3, 0.4) is 0 Å². The van der Waals surface area contributed by atoms with Crippen LogP contribution in [0.5, 0.6) is 0 Å². The maximum absolute atomic E-state index is 14.4. The first kappa shape index (κ1) is 29.3. The molecule has 222 valence electrons. The van der Waals surface area contributed by atoms with Gasteiger partial charge in [0.1, 0.15) is 12.2 Å². The maximum atomic E-state index is 14.4. The highest BCUT2D eigenvalue weighted by atomic mass is 19.1. The fourth-order valence-corrected chi connectivity index (χ4v) is 4.97. The number of anilines is 1. The lowest BCUT2D eigenvalue weighted by Crippen LogP contribution is -2.42. The summed E-state index contributed by atoms with van der Waals surface area (Å²) in [6.45, 7) is 2.82. The van der Waals surface area contributed by atoms with Gasteiger partial charge < -0.3 is 25.8 Å². The molecule has 1 atom stereocenters. The summed E-state index contributed by atoms with van der Waals surface area (Å²) in [5.41, 5.74) is 1.57. The molecule has 0 spiro atoms. The van der Waals surface area contributed by atoms with Gasteiger partial charge in [0.15, 0.2) is 0 Å². The van der Waals surface area contributed by atoms with Crippen molar-refractivity contribution in [1.29, 1.82) is 5.26 Å². The molecule has 11 nitrogen and oxygen atoms in total. The van der Waals surface area contributed by atoms with Gasteiger partial charge >= 0.3 is 6.09 Å². The third-order valence-corrected chi connectivity index (χ3v) is 7.80. The predicted molar refractivity (Wildman–Crippen MR) is 154 cm³/mol. The lowest BCUT2D eigenvalue weighted by Gasteiger charge is -2.30. The molecule has 5 rings (SSSR count). The summed E-state index contributed by atoms with van der Waals surface area (Å²) >= 11 is 0. The summed E-state index contributed by atoms with van der Waals surface area (Å²) in [5.74, 6) is -0.0113. The molecule has 2 amide bonds. The average Bonchev–Trinajstić information content (AvgIpc) is 3.71. The molecule has 3 heterocycles. The van der Waals surface area contributed by atoms with E-state index < -0.39 is 17.7 Å². The Morgan fingerprint density at radius 1 is 1.17 bits per heavy atom. The zero-order valence-electron chi connectivity index (χ0n) is 23.8. The highest BCUT2D eigenvalue weighted by Gasteiger charge is 2.29. The number of hydrogen-bond acceptors (Lipinski definition) is 8. The third-order valence-electron chi connectivity index (χ3n) is 7.80. The van der Waals surface area contributed by atoms with Gasteiger partial charge in [0.2, 0.25) is 0 Å². The normalized spacial score (nSPS) is 19.5. The van der Waals surface area contributed by atoms with Gasteiger partial charge in [-0.05, 0) is 82.6 Å². The number of nitriles is 1. The molecule has 3 aromatic heterocycles. The molecular weight excluding hydrogens is 541 g/mol. The van der Waals surface area contributed by atoms with Gasteiger partial charge in [-0.1, -0.05) is 0 Å². The van der Waals surface area contributed by atoms with E-state index in [1.165, 1.54) is 26.2 Å². The van der Waals surface area contributed by atoms with Crippen LogP contribution in [-0.4, -0.2) is 68.7 Å². The number of ether oxygens (including phenoxy) is 1. The molecular formula is C30H36FN7O4. The number of alkyl carbamates (subject to hydrolysis) is 1. The number of aliphatic hydroxyl groups is 1. The van der Waals surface area contributed by atoms with Crippen molar-refractivity contribution in [2.24, 2.45) is 5.92 Å². The Morgan fingerprint density at radius 3 is 2.60 bits per heavy atom. The van der Waals surface area contributed by atoms with Gasteiger partial charge in [0.05, 0.1) is 58.7 Å². The van der Waals surface area contributed by atoms with Gasteiger partial charge in [-0.25, -0.2) is 13.7 Å². The van der Waals surface area contributed by atoms with Crippen LogP contribution < -0.4 is 16.0 Å². The van der Waals surface area contributed by atoms with Crippen molar-refractivity contribution in [2.45, 2.75) is 76.2 Å². The highest BCUT2D eigenvalue weighted by molar-refractivity contribution is 6.00. The van der Waals surface area contributed by atoms with E-state index in [-0.39, 0.29) is 30.3 Å². The Bertz CT molecular complexity index is 1480. The van der Waals surface area contributed by atoms with Gasteiger partial charge in [0, 0.05) is 18.3 Å². The van der Waals surface area contributed by atoms with Gasteiger partial charge in [-0.2, -0.15) is 10.4 Å². The molecule has 2 saturated carbocycles. The molecule has 0 unspecified atom stereocenters. The van der Waals surface area contributed by atoms with E-state index in [2.05, 4.69) is 32.1 Å². The van der Waals surface area contributed by atoms with Crippen molar-refractivity contribution in [3.63, 3.8) is 0 Å². The minimum absolute atomic E-state index is 0.0188. The monoisotopic (exact) mass is 577 g/mol. The number of carbonyl (C=O) groups is 2. The van der Waals surface area contributed by atoms with E-state index in [0.29, 0.717) is 35.2 Å². The molecule has 12 heteroatoms. The van der Waals surface area contributed by atoms with Crippen LogP contribution in [0, 0.1) is 17.2 Å². The number of hydrogen-bond donors (Lipinski definition) is 4. The van der Waals surface area contributed by atoms with E-state index in [0.717, 1.165) is 44.0 Å². The van der Waals surface area contributed by atoms with Crippen molar-refractivity contribution >= 4 is 23.2 Å². The van der Waals surface area contributed by atoms with E-state index in [1.54, 1.807) is 16.6 Å². The maximum Gasteiger partial charge on any atom is 0.407 e. The Morgan fingerprint density at radius 2 is 1.90 bits per heavy atom. The number of pyridine rings is 1. The van der Waals surface area contributed by atoms with Crippen molar-refractivity contribution in [3.05, 3.63) is 47.8 Å². The first-order valence-corrected chi connectivity index (χ1v) is 14.3. The summed E-state index contributed by atoms with van der Waals surface area (Å²) in [7, 11) is 0. The number of carbonyl (C=O) groups excluding carboxylic acids is 2. The molecule has 0 aromatic carbocycles. The molecule has 4 N–H and O–H groups in total. The van der Waals surface area contributed by atoms with Crippen LogP contribution >= 0.6 is 0 Å². The van der Waals surface area contributed by atoms with Crippen LogP contribution in [0.15, 0.2) is 36.7 Å². The van der Waals surface area contributed by atoms with E-state index >= 15 is 0 Å². The highest BCUT2D eigenvalue weighted by Crippen LogP contribution is 2.30. The third kappa shape index (κ3) is 7.15. The topological polar surface area (TPSA) is 154 Å². The van der Waals surface area contributed by atoms with Crippen molar-refractivity contribution in [3.8, 4) is 17.5 Å². The van der Waals surface area contributed by atoms with Gasteiger partial charge in [-0.3, -0.25) is 9.78 Å². The number of nitrogens with zero attached hydrogens (tertiary/aromatic N) is 4. The minimum Gasteiger partial charge on any atom is -0.449 e. The Kier molecular flexibility index (Phi) is 8.59. The summed E-state index contributed by atoms with van der Waals surface area (Å²) < 4.78 is 21.3. The Balaban J connectivity index is 1.32. The van der Waals surface area contributed by atoms with Crippen molar-refractivity contribution in [1.82, 2.24) is 25.2 Å². The fourth-order valence-electron chi connectivity index (χ4n) is 4.97. The first-order valence-electron chi connectivity index (χ1n) is 14.3. The Hall–Kier alpha value is -4.24. The average molecular weight is 578 g/mol. The fraction of sp³-hybridized carbons (Fsp3) is 0.500. The number of aromatic nitrogens is 3. The zero-order chi connectivity index (χ0) is 29.9. The molecule has 0 saturated heterocycles. The van der Waals surface area contributed by atoms with Crippen LogP contribution in [0.25, 0.3) is 16.9 Å². The SMILES string of the molecule is CC(C)(O)[C@H](F)CNC(=O)c1cnc(-c2ccc3cc(C#N)cnn23)cc1N[C@H]1CC[C@H](NC(=O)OCC2CC2)CC1. The Labute approximate surface area is 243 Å². The zero-order valence-corrected chi connectivity index (χ0v) is 23.8. The van der Waals surface area contributed by atoms with Gasteiger partial charge in [-0.15, -0.1) is 0 Å². The van der Waals surface area contributed by atoms with Crippen LogP contribution in [0.2, 0.25) is 0 Å². The van der Waals surface area contributed by atoms with E-state index in [4.69, 9.17) is 4.74 Å². The number of rotatable bonds is 10. The van der Waals surface area contributed by atoms with Crippen LogP contribution in [0.1, 0.15) is 68.3 Å². The summed E-state index contributed by atoms with van der Waals surface area (Å²) in [6.07, 6.45) is 6.13. The molecule has 3 aromatic rings. The number of amides is 2. The smallest absolute Gasteiger partial charge is 0.407 e. The first-order chi connectivity index (χ1) is 20.1. The number of nitrogens with one attached hydrogen (secondary N) is 3. The van der Waals surface area contributed by atoms with Gasteiger partial charge in [0.25, 0.3) is 5.91 Å². The molecule has 0 bridgehead atoms. The summed E-state index contributed by atoms with van der Waals surface area (Å²) in [6, 6.07) is 9.28. The second-order valence-corrected chi connectivity index (χ2v) is 11.7. The number of fused-ring (bicyclic) bond motifs is 1. The quantitative estimate of drug-likeness (QED) is 0.282. The molecule has 42 heavy (non-hydrogen) atoms. The van der Waals surface area contributed by atoms with Crippen LogP contribution in [-0.2, 0) is 4.74 Å². The van der Waals surface area contributed by atoms with E-state index in [1.807, 2.05) is 12.1 Å². The van der Waals surface area contributed by atoms with Crippen molar-refractivity contribution < 1.29 is 23.8 Å². The molecule has 0 radical (unpaired) electrons. The molecule has 2 aliphatic carbocycles. The summed E-state index contributed by atoms with van der Waals surface area (Å²) in [4.78, 5) is 29.8. The minimum atomic E-state index is -1.65. The van der Waals surface area contributed by atoms with Crippen molar-refractivity contribution in [2.75, 3.05) is 18.5 Å². The standard InChI is InChI=1S/C30H36FN7O4/c1-30(2,41)27(31)16-34-28(39)23-15-33-25(26-10-9-22-11-19(13-32)14-35-38(22)26)12-24(23)36-20-5-7-21(8-6-20)37-29(40)42-17-18-3-4-18/h9-12,14-15,18,20-21,27,41H,3-8,16-17H2,1-2H3,(H,33,36)(H,34,39)(H,37,40)/t20-,21-,27-/m1/s1.